The molecule has 2 aromatic rings. The van der Waals surface area contributed by atoms with Gasteiger partial charge in [0.2, 0.25) is 11.8 Å². The lowest BCUT2D eigenvalue weighted by Crippen LogP contribution is -2.45. The van der Waals surface area contributed by atoms with Gasteiger partial charge in [-0.1, -0.05) is 0 Å². The minimum absolute atomic E-state index is 0.0991. The van der Waals surface area contributed by atoms with Crippen LogP contribution in [0.5, 0.6) is 0 Å². The van der Waals surface area contributed by atoms with Crippen molar-refractivity contribution in [3.63, 3.8) is 0 Å². The molecule has 0 saturated carbocycles. The SMILES string of the molecule is O=C(CCc1nc2sc3c(c2c(=O)[nH]1)CCCC3)NC1CCCCNC1=O. The molecule has 0 spiro atoms. The van der Waals surface area contributed by atoms with Crippen molar-refractivity contribution in [2.75, 3.05) is 6.54 Å². The third kappa shape index (κ3) is 3.90. The second-order valence-corrected chi connectivity index (χ2v) is 8.39. The first-order valence-corrected chi connectivity index (χ1v) is 10.5. The molecule has 0 aromatic carbocycles. The normalized spacial score (nSPS) is 20.0. The lowest BCUT2D eigenvalue weighted by Gasteiger charge is -2.15. The Labute approximate surface area is 161 Å². The average Bonchev–Trinajstić information content (AvgIpc) is 2.92. The third-order valence-corrected chi connectivity index (χ3v) is 6.52. The Morgan fingerprint density at radius 3 is 2.93 bits per heavy atom. The Morgan fingerprint density at radius 1 is 1.19 bits per heavy atom. The Morgan fingerprint density at radius 2 is 2.04 bits per heavy atom. The minimum Gasteiger partial charge on any atom is -0.354 e. The molecule has 0 radical (unpaired) electrons. The van der Waals surface area contributed by atoms with Crippen molar-refractivity contribution in [2.45, 2.75) is 63.8 Å². The van der Waals surface area contributed by atoms with Crippen LogP contribution >= 0.6 is 11.3 Å². The first-order chi connectivity index (χ1) is 13.1. The predicted molar refractivity (Wildman–Crippen MR) is 104 cm³/mol. The lowest BCUT2D eigenvalue weighted by atomic mass is 9.97. The number of thiophene rings is 1. The number of nitrogens with one attached hydrogen (secondary N) is 3. The van der Waals surface area contributed by atoms with Gasteiger partial charge in [0.15, 0.2) is 0 Å². The van der Waals surface area contributed by atoms with Crippen molar-refractivity contribution in [2.24, 2.45) is 0 Å². The van der Waals surface area contributed by atoms with Gasteiger partial charge < -0.3 is 15.6 Å². The molecule has 1 fully saturated rings. The van der Waals surface area contributed by atoms with Crippen LogP contribution in [0.1, 0.15) is 54.8 Å². The van der Waals surface area contributed by atoms with Gasteiger partial charge in [-0.25, -0.2) is 4.98 Å². The summed E-state index contributed by atoms with van der Waals surface area (Å²) in [5.41, 5.74) is 1.07. The zero-order valence-corrected chi connectivity index (χ0v) is 16.0. The van der Waals surface area contributed by atoms with E-state index < -0.39 is 6.04 Å². The highest BCUT2D eigenvalue weighted by molar-refractivity contribution is 7.18. The van der Waals surface area contributed by atoms with Crippen molar-refractivity contribution >= 4 is 33.4 Å². The Hall–Kier alpha value is -2.22. The molecule has 3 N–H and O–H groups in total. The van der Waals surface area contributed by atoms with E-state index in [0.29, 0.717) is 25.2 Å². The zero-order valence-electron chi connectivity index (χ0n) is 15.2. The average molecular weight is 388 g/mol. The van der Waals surface area contributed by atoms with E-state index in [2.05, 4.69) is 20.6 Å². The Bertz CT molecular complexity index is 933. The summed E-state index contributed by atoms with van der Waals surface area (Å²) in [5, 5.41) is 6.35. The maximum Gasteiger partial charge on any atom is 0.259 e. The largest absolute Gasteiger partial charge is 0.354 e. The molecule has 1 aliphatic heterocycles. The fourth-order valence-corrected chi connectivity index (χ4v) is 5.18. The van der Waals surface area contributed by atoms with Crippen LogP contribution in [0.15, 0.2) is 4.79 Å². The fraction of sp³-hybridized carbons (Fsp3) is 0.579. The molecule has 2 amide bonds. The Balaban J connectivity index is 1.43. The number of amides is 2. The number of aryl methyl sites for hydroxylation is 3. The number of carbonyl (C=O) groups excluding carboxylic acids is 2. The minimum atomic E-state index is -0.460. The van der Waals surface area contributed by atoms with Gasteiger partial charge in [0, 0.05) is 24.3 Å². The molecule has 1 atom stereocenters. The summed E-state index contributed by atoms with van der Waals surface area (Å²) in [6.45, 7) is 0.668. The van der Waals surface area contributed by atoms with Crippen LogP contribution in [0.25, 0.3) is 10.2 Å². The Kier molecular flexibility index (Phi) is 5.24. The molecule has 3 heterocycles. The topological polar surface area (TPSA) is 104 Å². The number of rotatable bonds is 4. The van der Waals surface area contributed by atoms with Crippen LogP contribution in [0.3, 0.4) is 0 Å². The fourth-order valence-electron chi connectivity index (χ4n) is 3.90. The van der Waals surface area contributed by atoms with Gasteiger partial charge in [-0.3, -0.25) is 14.4 Å². The van der Waals surface area contributed by atoms with E-state index in [1.54, 1.807) is 11.3 Å². The molecule has 2 aromatic heterocycles. The second-order valence-electron chi connectivity index (χ2n) is 7.31. The molecule has 27 heavy (non-hydrogen) atoms. The third-order valence-electron chi connectivity index (χ3n) is 5.33. The van der Waals surface area contributed by atoms with Crippen molar-refractivity contribution in [3.8, 4) is 0 Å². The lowest BCUT2D eigenvalue weighted by molar-refractivity contribution is -0.128. The van der Waals surface area contributed by atoms with Gasteiger partial charge >= 0.3 is 0 Å². The molecule has 144 valence electrons. The van der Waals surface area contributed by atoms with E-state index in [1.807, 2.05) is 0 Å². The quantitative estimate of drug-likeness (QED) is 0.740. The van der Waals surface area contributed by atoms with E-state index in [1.165, 1.54) is 16.9 Å². The molecule has 4 rings (SSSR count). The van der Waals surface area contributed by atoms with E-state index in [0.717, 1.165) is 42.3 Å². The van der Waals surface area contributed by atoms with Crippen molar-refractivity contribution in [3.05, 3.63) is 26.6 Å². The molecule has 1 aliphatic carbocycles. The highest BCUT2D eigenvalue weighted by atomic mass is 32.1. The van der Waals surface area contributed by atoms with Crippen LogP contribution in [0.2, 0.25) is 0 Å². The number of aromatic amines is 1. The van der Waals surface area contributed by atoms with E-state index in [9.17, 15) is 14.4 Å². The van der Waals surface area contributed by atoms with Gasteiger partial charge in [-0.2, -0.15) is 0 Å². The summed E-state index contributed by atoms with van der Waals surface area (Å²) in [6, 6.07) is -0.460. The van der Waals surface area contributed by atoms with Gasteiger partial charge in [0.25, 0.3) is 5.56 Å². The highest BCUT2D eigenvalue weighted by Gasteiger charge is 2.23. The smallest absolute Gasteiger partial charge is 0.259 e. The van der Waals surface area contributed by atoms with Crippen LogP contribution in [-0.4, -0.2) is 34.4 Å². The first kappa shape index (κ1) is 18.2. The van der Waals surface area contributed by atoms with Gasteiger partial charge in [-0.05, 0) is 50.5 Å². The molecule has 8 heteroatoms. The number of carbonyl (C=O) groups is 2. The maximum absolute atomic E-state index is 12.5. The number of nitrogens with zero attached hydrogens (tertiary/aromatic N) is 1. The van der Waals surface area contributed by atoms with Crippen molar-refractivity contribution in [1.82, 2.24) is 20.6 Å². The summed E-state index contributed by atoms with van der Waals surface area (Å²) in [5.74, 6) is 0.231. The molecule has 7 nitrogen and oxygen atoms in total. The summed E-state index contributed by atoms with van der Waals surface area (Å²) in [6.07, 6.45) is 7.33. The van der Waals surface area contributed by atoms with E-state index in [-0.39, 0.29) is 23.8 Å². The summed E-state index contributed by atoms with van der Waals surface area (Å²) >= 11 is 1.61. The number of aromatic nitrogens is 2. The van der Waals surface area contributed by atoms with Crippen molar-refractivity contribution in [1.29, 1.82) is 0 Å². The molecular formula is C19H24N4O3S. The van der Waals surface area contributed by atoms with Crippen LogP contribution in [0, 0.1) is 0 Å². The summed E-state index contributed by atoms with van der Waals surface area (Å²) in [7, 11) is 0. The summed E-state index contributed by atoms with van der Waals surface area (Å²) in [4.78, 5) is 46.2. The van der Waals surface area contributed by atoms with Gasteiger partial charge in [0.1, 0.15) is 16.7 Å². The van der Waals surface area contributed by atoms with Crippen molar-refractivity contribution < 1.29 is 9.59 Å². The molecule has 1 unspecified atom stereocenters. The van der Waals surface area contributed by atoms with E-state index >= 15 is 0 Å². The molecule has 2 aliphatic rings. The summed E-state index contributed by atoms with van der Waals surface area (Å²) < 4.78 is 0. The number of fused-ring (bicyclic) bond motifs is 3. The standard InChI is InChI=1S/C19H24N4O3S/c24-15(21-12-6-3-4-10-20-17(12)25)9-8-14-22-18(26)16-11-5-1-2-7-13(11)27-19(16)23-14/h12H,1-10H2,(H,20,25)(H,21,24)(H,22,23,26). The molecule has 1 saturated heterocycles. The van der Waals surface area contributed by atoms with E-state index in [4.69, 9.17) is 0 Å². The molecular weight excluding hydrogens is 364 g/mol. The van der Waals surface area contributed by atoms with Crippen LogP contribution in [-0.2, 0) is 28.9 Å². The first-order valence-electron chi connectivity index (χ1n) is 9.72. The molecule has 0 bridgehead atoms. The number of hydrogen-bond donors (Lipinski definition) is 3. The zero-order chi connectivity index (χ0) is 18.8. The highest BCUT2D eigenvalue weighted by Crippen LogP contribution is 2.33. The van der Waals surface area contributed by atoms with Gasteiger partial charge in [0.05, 0.1) is 5.39 Å². The van der Waals surface area contributed by atoms with Gasteiger partial charge in [-0.15, -0.1) is 11.3 Å². The number of hydrogen-bond acceptors (Lipinski definition) is 5. The number of H-pyrrole nitrogens is 1. The van der Waals surface area contributed by atoms with Crippen LogP contribution < -0.4 is 16.2 Å². The van der Waals surface area contributed by atoms with Crippen LogP contribution in [0.4, 0.5) is 0 Å². The maximum atomic E-state index is 12.5. The monoisotopic (exact) mass is 388 g/mol. The predicted octanol–water partition coefficient (Wildman–Crippen LogP) is 1.58. The second kappa shape index (κ2) is 7.80.